The van der Waals surface area contributed by atoms with Gasteiger partial charge in [0.15, 0.2) is 11.8 Å². The summed E-state index contributed by atoms with van der Waals surface area (Å²) in [5.41, 5.74) is 2.41. The summed E-state index contributed by atoms with van der Waals surface area (Å²) in [5.74, 6) is 3.43. The number of ether oxygens (including phenoxy) is 2. The lowest BCUT2D eigenvalue weighted by molar-refractivity contribution is 0.113. The summed E-state index contributed by atoms with van der Waals surface area (Å²) in [5, 5.41) is 11.8. The lowest BCUT2D eigenvalue weighted by Crippen LogP contribution is -2.43. The highest BCUT2D eigenvalue weighted by Crippen LogP contribution is 2.16. The number of benzene rings is 1. The molecule has 1 aliphatic rings. The monoisotopic (exact) mass is 414 g/mol. The average molecular weight is 415 g/mol. The van der Waals surface area contributed by atoms with E-state index in [9.17, 15) is 0 Å². The first-order valence-corrected chi connectivity index (χ1v) is 10.6. The van der Waals surface area contributed by atoms with E-state index in [2.05, 4.69) is 52.5 Å². The Kier molecular flexibility index (Phi) is 7.68. The van der Waals surface area contributed by atoms with Crippen LogP contribution >= 0.6 is 0 Å². The van der Waals surface area contributed by atoms with E-state index in [1.807, 2.05) is 25.6 Å². The summed E-state index contributed by atoms with van der Waals surface area (Å²) in [4.78, 5) is 6.86. The molecule has 8 heteroatoms. The van der Waals surface area contributed by atoms with Gasteiger partial charge in [-0.05, 0) is 56.9 Å². The van der Waals surface area contributed by atoms with Gasteiger partial charge in [-0.1, -0.05) is 6.07 Å². The highest BCUT2D eigenvalue weighted by molar-refractivity contribution is 5.79. The van der Waals surface area contributed by atoms with Gasteiger partial charge in [0.25, 0.3) is 0 Å². The fraction of sp³-hybridized carbons (Fsp3) is 0.591. The molecule has 1 aromatic heterocycles. The molecule has 0 amide bonds. The van der Waals surface area contributed by atoms with Crippen LogP contribution in [0.3, 0.4) is 0 Å². The number of aliphatic imine (C=N–C) groups is 1. The van der Waals surface area contributed by atoms with Gasteiger partial charge in [-0.25, -0.2) is 4.99 Å². The number of nitrogens with one attached hydrogen (secondary N) is 1. The normalized spacial score (nSPS) is 16.7. The van der Waals surface area contributed by atoms with Gasteiger partial charge >= 0.3 is 0 Å². The second kappa shape index (κ2) is 10.4. The maximum absolute atomic E-state index is 5.98. The Bertz CT molecular complexity index is 837. The summed E-state index contributed by atoms with van der Waals surface area (Å²) >= 11 is 0. The molecular weight excluding hydrogens is 380 g/mol. The summed E-state index contributed by atoms with van der Waals surface area (Å²) in [6.07, 6.45) is 2.45. The number of likely N-dealkylation sites (N-methyl/N-ethyl adjacent to an activating group) is 1. The van der Waals surface area contributed by atoms with Crippen molar-refractivity contribution in [2.24, 2.45) is 12.0 Å². The predicted molar refractivity (Wildman–Crippen MR) is 118 cm³/mol. The zero-order valence-electron chi connectivity index (χ0n) is 18.8. The SMILES string of the molecule is Cc1cc(C)cc(OCCN(C)C(=NCc2nnc(C)n2C)NCC2CCCO2)c1. The molecule has 0 spiro atoms. The third kappa shape index (κ3) is 6.19. The molecule has 1 saturated heterocycles. The van der Waals surface area contributed by atoms with Crippen molar-refractivity contribution in [3.8, 4) is 5.75 Å². The van der Waals surface area contributed by atoms with E-state index in [4.69, 9.17) is 14.5 Å². The molecule has 30 heavy (non-hydrogen) atoms. The van der Waals surface area contributed by atoms with Crippen molar-refractivity contribution < 1.29 is 9.47 Å². The molecule has 164 valence electrons. The molecule has 3 rings (SSSR count). The van der Waals surface area contributed by atoms with Crippen LogP contribution in [-0.2, 0) is 18.3 Å². The van der Waals surface area contributed by atoms with Crippen molar-refractivity contribution in [1.29, 1.82) is 0 Å². The third-order valence-electron chi connectivity index (χ3n) is 5.32. The van der Waals surface area contributed by atoms with Gasteiger partial charge < -0.3 is 24.3 Å². The molecule has 0 saturated carbocycles. The van der Waals surface area contributed by atoms with E-state index < -0.39 is 0 Å². The van der Waals surface area contributed by atoms with Crippen LogP contribution in [0.5, 0.6) is 5.75 Å². The van der Waals surface area contributed by atoms with E-state index in [1.165, 1.54) is 11.1 Å². The molecule has 0 radical (unpaired) electrons. The van der Waals surface area contributed by atoms with Crippen LogP contribution in [-0.4, -0.2) is 65.1 Å². The minimum Gasteiger partial charge on any atom is -0.492 e. The Hall–Kier alpha value is -2.61. The standard InChI is InChI=1S/C22H34N6O2/c1-16-11-17(2)13-20(12-16)30-10-8-27(4)22(23-14-19-7-6-9-29-19)24-15-21-26-25-18(3)28(21)5/h11-13,19H,6-10,14-15H2,1-5H3,(H,23,24). The minimum atomic E-state index is 0.243. The lowest BCUT2D eigenvalue weighted by Gasteiger charge is -2.24. The summed E-state index contributed by atoms with van der Waals surface area (Å²) in [6.45, 7) is 9.45. The Morgan fingerprint density at radius 3 is 2.67 bits per heavy atom. The minimum absolute atomic E-state index is 0.243. The molecule has 2 heterocycles. The summed E-state index contributed by atoms with van der Waals surface area (Å²) in [7, 11) is 3.98. The smallest absolute Gasteiger partial charge is 0.194 e. The maximum atomic E-state index is 5.98. The Labute approximate surface area is 179 Å². The second-order valence-corrected chi connectivity index (χ2v) is 7.97. The maximum Gasteiger partial charge on any atom is 0.194 e. The number of nitrogens with zero attached hydrogens (tertiary/aromatic N) is 5. The molecule has 8 nitrogen and oxygen atoms in total. The summed E-state index contributed by atoms with van der Waals surface area (Å²) < 4.78 is 13.7. The molecular formula is C22H34N6O2. The lowest BCUT2D eigenvalue weighted by atomic mass is 10.1. The zero-order chi connectivity index (χ0) is 21.5. The number of aryl methyl sites for hydroxylation is 3. The van der Waals surface area contributed by atoms with Crippen LogP contribution in [0.15, 0.2) is 23.2 Å². The fourth-order valence-electron chi connectivity index (χ4n) is 3.48. The Morgan fingerprint density at radius 2 is 2.03 bits per heavy atom. The van der Waals surface area contributed by atoms with Gasteiger partial charge in [0, 0.05) is 27.2 Å². The average Bonchev–Trinajstić information content (AvgIpc) is 3.32. The van der Waals surface area contributed by atoms with Crippen molar-refractivity contribution in [2.45, 2.75) is 46.3 Å². The number of guanidine groups is 1. The summed E-state index contributed by atoms with van der Waals surface area (Å²) in [6, 6.07) is 6.27. The molecule has 1 fully saturated rings. The highest BCUT2D eigenvalue weighted by Gasteiger charge is 2.17. The first kappa shape index (κ1) is 22.1. The van der Waals surface area contributed by atoms with Crippen LogP contribution in [0.1, 0.15) is 35.6 Å². The second-order valence-electron chi connectivity index (χ2n) is 7.97. The van der Waals surface area contributed by atoms with Gasteiger partial charge in [-0.15, -0.1) is 10.2 Å². The van der Waals surface area contributed by atoms with E-state index >= 15 is 0 Å². The van der Waals surface area contributed by atoms with Gasteiger partial charge in [0.1, 0.15) is 24.7 Å². The molecule has 1 aromatic carbocycles. The van der Waals surface area contributed by atoms with Gasteiger partial charge in [-0.3, -0.25) is 0 Å². The fourth-order valence-corrected chi connectivity index (χ4v) is 3.48. The topological polar surface area (TPSA) is 76.8 Å². The van der Waals surface area contributed by atoms with Crippen LogP contribution < -0.4 is 10.1 Å². The molecule has 0 bridgehead atoms. The third-order valence-corrected chi connectivity index (χ3v) is 5.32. The predicted octanol–water partition coefficient (Wildman–Crippen LogP) is 2.38. The number of hydrogen-bond acceptors (Lipinski definition) is 5. The van der Waals surface area contributed by atoms with Crippen LogP contribution in [0.25, 0.3) is 0 Å². The van der Waals surface area contributed by atoms with Gasteiger partial charge in [-0.2, -0.15) is 0 Å². The van der Waals surface area contributed by atoms with E-state index in [0.717, 1.165) is 49.4 Å². The van der Waals surface area contributed by atoms with Crippen molar-refractivity contribution in [1.82, 2.24) is 25.0 Å². The quantitative estimate of drug-likeness (QED) is 0.528. The van der Waals surface area contributed by atoms with Crippen molar-refractivity contribution in [2.75, 3.05) is 33.4 Å². The van der Waals surface area contributed by atoms with Crippen LogP contribution in [0, 0.1) is 20.8 Å². The first-order chi connectivity index (χ1) is 14.4. The molecule has 0 aliphatic carbocycles. The van der Waals surface area contributed by atoms with E-state index in [1.54, 1.807) is 0 Å². The number of rotatable bonds is 8. The Morgan fingerprint density at radius 1 is 1.27 bits per heavy atom. The zero-order valence-corrected chi connectivity index (χ0v) is 18.8. The van der Waals surface area contributed by atoms with Crippen LogP contribution in [0.2, 0.25) is 0 Å². The van der Waals surface area contributed by atoms with Gasteiger partial charge in [0.2, 0.25) is 0 Å². The molecule has 1 unspecified atom stereocenters. The van der Waals surface area contributed by atoms with Crippen molar-refractivity contribution >= 4 is 5.96 Å². The van der Waals surface area contributed by atoms with Crippen molar-refractivity contribution in [3.05, 3.63) is 41.0 Å². The first-order valence-electron chi connectivity index (χ1n) is 10.6. The molecule has 2 aromatic rings. The number of aromatic nitrogens is 3. The number of hydrogen-bond donors (Lipinski definition) is 1. The van der Waals surface area contributed by atoms with Crippen molar-refractivity contribution in [3.63, 3.8) is 0 Å². The highest BCUT2D eigenvalue weighted by atomic mass is 16.5. The van der Waals surface area contributed by atoms with E-state index in [-0.39, 0.29) is 6.10 Å². The molecule has 1 N–H and O–H groups in total. The van der Waals surface area contributed by atoms with E-state index in [0.29, 0.717) is 19.7 Å². The largest absolute Gasteiger partial charge is 0.492 e. The molecule has 1 atom stereocenters. The Balaban J connectivity index is 1.60. The molecule has 1 aliphatic heterocycles. The van der Waals surface area contributed by atoms with Gasteiger partial charge in [0.05, 0.1) is 12.6 Å². The van der Waals surface area contributed by atoms with Crippen LogP contribution in [0.4, 0.5) is 0 Å².